The molecule has 1 heterocycles. The van der Waals surface area contributed by atoms with Gasteiger partial charge in [0, 0.05) is 19.8 Å². The molecule has 1 amide bonds. The highest BCUT2D eigenvalue weighted by atomic mass is 16.3. The molecule has 0 fully saturated rings. The molecule has 4 nitrogen and oxygen atoms in total. The van der Waals surface area contributed by atoms with E-state index in [4.69, 9.17) is 0 Å². The number of aromatic nitrogens is 1. The second-order valence-electron chi connectivity index (χ2n) is 3.28. The third-order valence-electron chi connectivity index (χ3n) is 2.15. The van der Waals surface area contributed by atoms with Crippen LogP contribution in [0.5, 0.6) is 0 Å². The van der Waals surface area contributed by atoms with Gasteiger partial charge in [-0.2, -0.15) is 0 Å². The molecule has 4 heteroatoms. The Balaban J connectivity index is 2.47. The highest BCUT2D eigenvalue weighted by molar-refractivity contribution is 5.92. The summed E-state index contributed by atoms with van der Waals surface area (Å²) in [4.78, 5) is 11.5. The Morgan fingerprint density at radius 1 is 1.71 bits per heavy atom. The van der Waals surface area contributed by atoms with E-state index in [2.05, 4.69) is 5.32 Å². The van der Waals surface area contributed by atoms with Crippen LogP contribution in [0.25, 0.3) is 0 Å². The van der Waals surface area contributed by atoms with E-state index in [1.165, 1.54) is 0 Å². The number of hydrogen-bond donors (Lipinski definition) is 2. The van der Waals surface area contributed by atoms with Gasteiger partial charge in [0.15, 0.2) is 0 Å². The standard InChI is InChI=1S/C10H16N2O2/c1-3-8(13)7-11-10(14)9-5-4-6-12(9)2/h4-6,8,13H,3,7H2,1-2H3,(H,11,14). The van der Waals surface area contributed by atoms with E-state index in [-0.39, 0.29) is 5.91 Å². The molecule has 0 saturated heterocycles. The van der Waals surface area contributed by atoms with Crippen molar-refractivity contribution in [2.24, 2.45) is 7.05 Å². The number of hydrogen-bond acceptors (Lipinski definition) is 2. The fourth-order valence-corrected chi connectivity index (χ4v) is 1.14. The summed E-state index contributed by atoms with van der Waals surface area (Å²) in [5.41, 5.74) is 0.605. The lowest BCUT2D eigenvalue weighted by atomic mass is 10.3. The topological polar surface area (TPSA) is 54.3 Å². The van der Waals surface area contributed by atoms with Gasteiger partial charge in [0.05, 0.1) is 6.10 Å². The van der Waals surface area contributed by atoms with Crippen LogP contribution in [0, 0.1) is 0 Å². The van der Waals surface area contributed by atoms with Crippen LogP contribution in [0.4, 0.5) is 0 Å². The van der Waals surface area contributed by atoms with E-state index in [0.29, 0.717) is 18.7 Å². The number of amides is 1. The average Bonchev–Trinajstić information content (AvgIpc) is 2.60. The van der Waals surface area contributed by atoms with Crippen molar-refractivity contribution in [2.45, 2.75) is 19.4 Å². The molecule has 1 aromatic rings. The Morgan fingerprint density at radius 3 is 2.93 bits per heavy atom. The summed E-state index contributed by atoms with van der Waals surface area (Å²) in [6, 6.07) is 3.55. The molecule has 2 N–H and O–H groups in total. The molecule has 0 saturated carbocycles. The molecule has 0 aliphatic carbocycles. The third-order valence-corrected chi connectivity index (χ3v) is 2.15. The third kappa shape index (κ3) is 2.60. The van der Waals surface area contributed by atoms with Gasteiger partial charge in [0.2, 0.25) is 0 Å². The predicted octanol–water partition coefficient (Wildman–Crippen LogP) is 0.526. The maximum absolute atomic E-state index is 11.5. The SMILES string of the molecule is CCC(O)CNC(=O)c1cccn1C. The molecular weight excluding hydrogens is 180 g/mol. The smallest absolute Gasteiger partial charge is 0.267 e. The first kappa shape index (κ1) is 10.8. The van der Waals surface area contributed by atoms with Crippen molar-refractivity contribution in [1.82, 2.24) is 9.88 Å². The van der Waals surface area contributed by atoms with Crippen LogP contribution in [0.1, 0.15) is 23.8 Å². The first-order valence-electron chi connectivity index (χ1n) is 4.72. The second-order valence-corrected chi connectivity index (χ2v) is 3.28. The molecule has 0 radical (unpaired) electrons. The van der Waals surface area contributed by atoms with Gasteiger partial charge in [-0.15, -0.1) is 0 Å². The molecule has 0 aromatic carbocycles. The first-order chi connectivity index (χ1) is 6.65. The fourth-order valence-electron chi connectivity index (χ4n) is 1.14. The zero-order chi connectivity index (χ0) is 10.6. The van der Waals surface area contributed by atoms with Crippen molar-refractivity contribution in [3.8, 4) is 0 Å². The fraction of sp³-hybridized carbons (Fsp3) is 0.500. The lowest BCUT2D eigenvalue weighted by Crippen LogP contribution is -2.32. The Morgan fingerprint density at radius 2 is 2.43 bits per heavy atom. The number of aliphatic hydroxyl groups excluding tert-OH is 1. The van der Waals surface area contributed by atoms with Gasteiger partial charge in [-0.25, -0.2) is 0 Å². The zero-order valence-corrected chi connectivity index (χ0v) is 8.53. The molecule has 0 aliphatic heterocycles. The van der Waals surface area contributed by atoms with Gasteiger partial charge in [0.1, 0.15) is 5.69 Å². The quantitative estimate of drug-likeness (QED) is 0.738. The van der Waals surface area contributed by atoms with Gasteiger partial charge < -0.3 is 15.0 Å². The number of carbonyl (C=O) groups is 1. The highest BCUT2D eigenvalue weighted by Gasteiger charge is 2.09. The normalized spacial score (nSPS) is 12.5. The molecule has 1 unspecified atom stereocenters. The van der Waals surface area contributed by atoms with Crippen LogP contribution >= 0.6 is 0 Å². The van der Waals surface area contributed by atoms with Crippen LogP contribution in [0.3, 0.4) is 0 Å². The van der Waals surface area contributed by atoms with Crippen molar-refractivity contribution >= 4 is 5.91 Å². The summed E-state index contributed by atoms with van der Waals surface area (Å²) >= 11 is 0. The van der Waals surface area contributed by atoms with Gasteiger partial charge in [-0.3, -0.25) is 4.79 Å². The van der Waals surface area contributed by atoms with Crippen LogP contribution in [0.15, 0.2) is 18.3 Å². The van der Waals surface area contributed by atoms with E-state index in [1.54, 1.807) is 10.6 Å². The second kappa shape index (κ2) is 4.81. The molecule has 14 heavy (non-hydrogen) atoms. The average molecular weight is 196 g/mol. The number of nitrogens with zero attached hydrogens (tertiary/aromatic N) is 1. The zero-order valence-electron chi connectivity index (χ0n) is 8.53. The van der Waals surface area contributed by atoms with Gasteiger partial charge in [0.25, 0.3) is 5.91 Å². The molecule has 0 bridgehead atoms. The lowest BCUT2D eigenvalue weighted by Gasteiger charge is -2.09. The van der Waals surface area contributed by atoms with Crippen LogP contribution in [-0.4, -0.2) is 28.2 Å². The van der Waals surface area contributed by atoms with Crippen molar-refractivity contribution in [2.75, 3.05) is 6.54 Å². The predicted molar refractivity (Wildman–Crippen MR) is 54.0 cm³/mol. The summed E-state index contributed by atoms with van der Waals surface area (Å²) in [5, 5.41) is 11.9. The molecule has 0 aliphatic rings. The Kier molecular flexibility index (Phi) is 3.71. The monoisotopic (exact) mass is 196 g/mol. The van der Waals surface area contributed by atoms with Crippen molar-refractivity contribution in [3.63, 3.8) is 0 Å². The van der Waals surface area contributed by atoms with Crippen LogP contribution in [-0.2, 0) is 7.05 Å². The van der Waals surface area contributed by atoms with E-state index in [1.807, 2.05) is 26.2 Å². The molecule has 78 valence electrons. The Hall–Kier alpha value is -1.29. The van der Waals surface area contributed by atoms with Gasteiger partial charge >= 0.3 is 0 Å². The molecule has 0 spiro atoms. The minimum Gasteiger partial charge on any atom is -0.391 e. The molecule has 1 atom stereocenters. The number of aryl methyl sites for hydroxylation is 1. The van der Waals surface area contributed by atoms with E-state index in [0.717, 1.165) is 0 Å². The van der Waals surface area contributed by atoms with Crippen molar-refractivity contribution in [1.29, 1.82) is 0 Å². The summed E-state index contributed by atoms with van der Waals surface area (Å²) in [6.45, 7) is 2.18. The van der Waals surface area contributed by atoms with Gasteiger partial charge in [-0.1, -0.05) is 6.92 Å². The van der Waals surface area contributed by atoms with E-state index < -0.39 is 6.10 Å². The van der Waals surface area contributed by atoms with Crippen LogP contribution < -0.4 is 5.32 Å². The lowest BCUT2D eigenvalue weighted by molar-refractivity contribution is 0.0906. The Bertz CT molecular complexity index is 307. The maximum Gasteiger partial charge on any atom is 0.267 e. The highest BCUT2D eigenvalue weighted by Crippen LogP contribution is 1.99. The Labute approximate surface area is 83.5 Å². The first-order valence-corrected chi connectivity index (χ1v) is 4.72. The summed E-state index contributed by atoms with van der Waals surface area (Å²) in [5.74, 6) is -0.148. The minimum atomic E-state index is -0.459. The number of nitrogens with one attached hydrogen (secondary N) is 1. The van der Waals surface area contributed by atoms with E-state index in [9.17, 15) is 9.90 Å². The summed E-state index contributed by atoms with van der Waals surface area (Å²) in [7, 11) is 1.81. The van der Waals surface area contributed by atoms with E-state index >= 15 is 0 Å². The molecule has 1 rings (SSSR count). The van der Waals surface area contributed by atoms with Crippen LogP contribution in [0.2, 0.25) is 0 Å². The van der Waals surface area contributed by atoms with Gasteiger partial charge in [-0.05, 0) is 18.6 Å². The molecule has 1 aromatic heterocycles. The number of carbonyl (C=O) groups excluding carboxylic acids is 1. The maximum atomic E-state index is 11.5. The number of aliphatic hydroxyl groups is 1. The summed E-state index contributed by atoms with van der Waals surface area (Å²) in [6.07, 6.45) is 2.00. The molecular formula is C10H16N2O2. The van der Waals surface area contributed by atoms with Crippen molar-refractivity contribution < 1.29 is 9.90 Å². The number of rotatable bonds is 4. The summed E-state index contributed by atoms with van der Waals surface area (Å²) < 4.78 is 1.74. The largest absolute Gasteiger partial charge is 0.391 e. The minimum absolute atomic E-state index is 0.148. The van der Waals surface area contributed by atoms with Crippen molar-refractivity contribution in [3.05, 3.63) is 24.0 Å².